The first-order valence-electron chi connectivity index (χ1n) is 6.02. The predicted octanol–water partition coefficient (Wildman–Crippen LogP) is 2.66. The highest BCUT2D eigenvalue weighted by atomic mass is 16.6. The maximum atomic E-state index is 11.3. The number of hydrogen-bond acceptors (Lipinski definition) is 2. The van der Waals surface area contributed by atoms with Crippen LogP contribution in [0.2, 0.25) is 0 Å². The number of carbonyl (C=O) groups is 1. The first kappa shape index (κ1) is 8.75. The van der Waals surface area contributed by atoms with Crippen LogP contribution in [0, 0.1) is 11.8 Å². The molecule has 3 atom stereocenters. The van der Waals surface area contributed by atoms with Gasteiger partial charge in [0.15, 0.2) is 0 Å². The monoisotopic (exact) mass is 194 g/mol. The van der Waals surface area contributed by atoms with E-state index in [0.29, 0.717) is 12.3 Å². The molecule has 0 amide bonds. The first-order valence-corrected chi connectivity index (χ1v) is 6.02. The number of fused-ring (bicyclic) bond motifs is 2. The third-order valence-electron chi connectivity index (χ3n) is 4.59. The fraction of sp³-hybridized carbons (Fsp3) is 0.917. The molecule has 3 rings (SSSR count). The molecule has 0 radical (unpaired) electrons. The van der Waals surface area contributed by atoms with Crippen molar-refractivity contribution in [2.45, 2.75) is 57.0 Å². The summed E-state index contributed by atoms with van der Waals surface area (Å²) in [5, 5.41) is 0. The van der Waals surface area contributed by atoms with Gasteiger partial charge in [-0.25, -0.2) is 0 Å². The van der Waals surface area contributed by atoms with Crippen LogP contribution >= 0.6 is 0 Å². The lowest BCUT2D eigenvalue weighted by Crippen LogP contribution is -2.36. The Morgan fingerprint density at radius 1 is 1.14 bits per heavy atom. The number of esters is 1. The summed E-state index contributed by atoms with van der Waals surface area (Å²) in [6, 6.07) is 0. The highest BCUT2D eigenvalue weighted by Gasteiger charge is 2.54. The van der Waals surface area contributed by atoms with Crippen LogP contribution in [0.4, 0.5) is 0 Å². The summed E-state index contributed by atoms with van der Waals surface area (Å²) < 4.78 is 5.64. The molecule has 1 heterocycles. The van der Waals surface area contributed by atoms with E-state index in [1.54, 1.807) is 0 Å². The minimum atomic E-state index is 0.00215. The molecule has 78 valence electrons. The Balaban J connectivity index is 1.83. The van der Waals surface area contributed by atoms with Gasteiger partial charge in [0.2, 0.25) is 0 Å². The smallest absolute Gasteiger partial charge is 0.306 e. The van der Waals surface area contributed by atoms with Crippen molar-refractivity contribution in [3.63, 3.8) is 0 Å². The first-order chi connectivity index (χ1) is 6.80. The van der Waals surface area contributed by atoms with Gasteiger partial charge in [0, 0.05) is 12.3 Å². The van der Waals surface area contributed by atoms with Gasteiger partial charge in [-0.05, 0) is 31.6 Å². The Morgan fingerprint density at radius 2 is 2.00 bits per heavy atom. The van der Waals surface area contributed by atoms with E-state index < -0.39 is 0 Å². The van der Waals surface area contributed by atoms with Crippen molar-refractivity contribution in [2.75, 3.05) is 0 Å². The van der Waals surface area contributed by atoms with Gasteiger partial charge in [-0.2, -0.15) is 0 Å². The molecule has 1 aliphatic heterocycles. The zero-order valence-electron chi connectivity index (χ0n) is 8.63. The summed E-state index contributed by atoms with van der Waals surface area (Å²) >= 11 is 0. The standard InChI is InChI=1S/C12H18O2/c13-11-6-8-12(14-11)7-5-9-3-1-2-4-10(9)12/h9-10H,1-8H2. The molecule has 3 unspecified atom stereocenters. The topological polar surface area (TPSA) is 26.3 Å². The van der Waals surface area contributed by atoms with E-state index in [1.807, 2.05) is 0 Å². The third-order valence-corrected chi connectivity index (χ3v) is 4.59. The van der Waals surface area contributed by atoms with Crippen LogP contribution in [0.25, 0.3) is 0 Å². The largest absolute Gasteiger partial charge is 0.459 e. The van der Waals surface area contributed by atoms with Crippen molar-refractivity contribution in [2.24, 2.45) is 11.8 Å². The van der Waals surface area contributed by atoms with E-state index in [-0.39, 0.29) is 11.6 Å². The van der Waals surface area contributed by atoms with Crippen LogP contribution in [0.1, 0.15) is 51.4 Å². The molecule has 2 aliphatic carbocycles. The molecule has 1 spiro atoms. The van der Waals surface area contributed by atoms with Crippen molar-refractivity contribution in [3.8, 4) is 0 Å². The number of ether oxygens (including phenoxy) is 1. The van der Waals surface area contributed by atoms with Crippen molar-refractivity contribution >= 4 is 5.97 Å². The van der Waals surface area contributed by atoms with Crippen molar-refractivity contribution in [1.82, 2.24) is 0 Å². The maximum absolute atomic E-state index is 11.3. The van der Waals surface area contributed by atoms with E-state index in [4.69, 9.17) is 4.74 Å². The molecule has 14 heavy (non-hydrogen) atoms. The Morgan fingerprint density at radius 3 is 2.79 bits per heavy atom. The van der Waals surface area contributed by atoms with E-state index in [0.717, 1.165) is 18.8 Å². The van der Waals surface area contributed by atoms with E-state index in [2.05, 4.69) is 0 Å². The zero-order valence-corrected chi connectivity index (χ0v) is 8.63. The highest BCUT2D eigenvalue weighted by molar-refractivity contribution is 5.72. The fourth-order valence-electron chi connectivity index (χ4n) is 3.94. The van der Waals surface area contributed by atoms with Gasteiger partial charge in [-0.15, -0.1) is 0 Å². The lowest BCUT2D eigenvalue weighted by atomic mass is 9.75. The third kappa shape index (κ3) is 1.12. The van der Waals surface area contributed by atoms with Crippen LogP contribution in [-0.2, 0) is 9.53 Å². The van der Waals surface area contributed by atoms with Crippen molar-refractivity contribution < 1.29 is 9.53 Å². The second kappa shape index (κ2) is 2.98. The average Bonchev–Trinajstić information content (AvgIpc) is 2.75. The lowest BCUT2D eigenvalue weighted by molar-refractivity contribution is -0.152. The summed E-state index contributed by atoms with van der Waals surface area (Å²) in [5.41, 5.74) is 0.00215. The second-order valence-electron chi connectivity index (χ2n) is 5.23. The number of rotatable bonds is 0. The minimum Gasteiger partial charge on any atom is -0.459 e. The Labute approximate surface area is 85.0 Å². The number of carbonyl (C=O) groups excluding carboxylic acids is 1. The lowest BCUT2D eigenvalue weighted by Gasteiger charge is -2.35. The van der Waals surface area contributed by atoms with Crippen LogP contribution in [-0.4, -0.2) is 11.6 Å². The normalized spacial score (nSPS) is 46.7. The van der Waals surface area contributed by atoms with Crippen LogP contribution in [0.15, 0.2) is 0 Å². The van der Waals surface area contributed by atoms with Gasteiger partial charge in [0.25, 0.3) is 0 Å². The molecule has 2 saturated carbocycles. The summed E-state index contributed by atoms with van der Waals surface area (Å²) in [6.07, 6.45) is 9.55. The summed E-state index contributed by atoms with van der Waals surface area (Å²) in [6.45, 7) is 0. The average molecular weight is 194 g/mol. The van der Waals surface area contributed by atoms with Crippen LogP contribution in [0.3, 0.4) is 0 Å². The molecule has 2 heteroatoms. The zero-order chi connectivity index (χ0) is 9.60. The van der Waals surface area contributed by atoms with Gasteiger partial charge in [-0.1, -0.05) is 19.3 Å². The van der Waals surface area contributed by atoms with Gasteiger partial charge < -0.3 is 4.74 Å². The summed E-state index contributed by atoms with van der Waals surface area (Å²) in [5.74, 6) is 1.63. The molecule has 3 aliphatic rings. The van der Waals surface area contributed by atoms with Crippen LogP contribution < -0.4 is 0 Å². The maximum Gasteiger partial charge on any atom is 0.306 e. The molecule has 0 aromatic rings. The summed E-state index contributed by atoms with van der Waals surface area (Å²) in [7, 11) is 0. The Kier molecular flexibility index (Phi) is 1.86. The van der Waals surface area contributed by atoms with Gasteiger partial charge in [0.1, 0.15) is 5.60 Å². The minimum absolute atomic E-state index is 0.00215. The van der Waals surface area contributed by atoms with Crippen LogP contribution in [0.5, 0.6) is 0 Å². The highest BCUT2D eigenvalue weighted by Crippen LogP contribution is 2.54. The number of hydrogen-bond donors (Lipinski definition) is 0. The van der Waals surface area contributed by atoms with E-state index in [9.17, 15) is 4.79 Å². The molecule has 0 aromatic carbocycles. The molecule has 2 nitrogen and oxygen atoms in total. The van der Waals surface area contributed by atoms with E-state index in [1.165, 1.54) is 32.1 Å². The molecule has 3 fully saturated rings. The SMILES string of the molecule is O=C1CCC2(CCC3CCCCC32)O1. The molecule has 0 N–H and O–H groups in total. The molecular weight excluding hydrogens is 176 g/mol. The van der Waals surface area contributed by atoms with E-state index >= 15 is 0 Å². The summed E-state index contributed by atoms with van der Waals surface area (Å²) in [4.78, 5) is 11.3. The fourth-order valence-corrected chi connectivity index (χ4v) is 3.94. The second-order valence-corrected chi connectivity index (χ2v) is 5.23. The molecule has 1 saturated heterocycles. The molecular formula is C12H18O2. The van der Waals surface area contributed by atoms with Gasteiger partial charge in [-0.3, -0.25) is 4.79 Å². The van der Waals surface area contributed by atoms with Crippen molar-refractivity contribution in [1.29, 1.82) is 0 Å². The Hall–Kier alpha value is -0.530. The van der Waals surface area contributed by atoms with Crippen molar-refractivity contribution in [3.05, 3.63) is 0 Å². The van der Waals surface area contributed by atoms with Gasteiger partial charge >= 0.3 is 5.97 Å². The predicted molar refractivity (Wildman–Crippen MR) is 52.7 cm³/mol. The van der Waals surface area contributed by atoms with Gasteiger partial charge in [0.05, 0.1) is 0 Å². The Bertz CT molecular complexity index is 261. The quantitative estimate of drug-likeness (QED) is 0.554. The molecule has 0 bridgehead atoms. The molecule has 0 aromatic heterocycles.